The minimum absolute atomic E-state index is 1.10. The highest BCUT2D eigenvalue weighted by atomic mass is 79.9. The van der Waals surface area contributed by atoms with Gasteiger partial charge in [0.25, 0.3) is 0 Å². The molecule has 0 aromatic heterocycles. The van der Waals surface area contributed by atoms with E-state index in [1.165, 1.54) is 18.5 Å². The van der Waals surface area contributed by atoms with E-state index in [0.29, 0.717) is 0 Å². The van der Waals surface area contributed by atoms with Crippen LogP contribution in [0.15, 0.2) is 11.6 Å². The molecule has 0 N–H and O–H groups in total. The number of rotatable bonds is 6. The van der Waals surface area contributed by atoms with Crippen LogP contribution in [0.5, 0.6) is 0 Å². The van der Waals surface area contributed by atoms with Gasteiger partial charge < -0.3 is 0 Å². The Bertz CT molecular complexity index is 128. The van der Waals surface area contributed by atoms with Gasteiger partial charge in [0.2, 0.25) is 0 Å². The van der Waals surface area contributed by atoms with E-state index in [2.05, 4.69) is 47.7 Å². The third-order valence-corrected chi connectivity index (χ3v) is 2.37. The maximum atomic E-state index is 3.45. The van der Waals surface area contributed by atoms with Gasteiger partial charge in [-0.3, -0.25) is 4.90 Å². The van der Waals surface area contributed by atoms with Gasteiger partial charge in [-0.15, -0.1) is 0 Å². The van der Waals surface area contributed by atoms with E-state index in [1.807, 2.05) is 0 Å². The molecule has 0 amide bonds. The van der Waals surface area contributed by atoms with Crippen LogP contribution in [0.4, 0.5) is 0 Å². The number of likely N-dealkylation sites (N-methyl/N-ethyl adjacent to an activating group) is 1. The highest BCUT2D eigenvalue weighted by Crippen LogP contribution is 1.97. The molecule has 0 aromatic carbocycles. The molecule has 0 aliphatic heterocycles. The molecule has 0 radical (unpaired) electrons. The molecule has 2 heteroatoms. The van der Waals surface area contributed by atoms with Crippen LogP contribution >= 0.6 is 15.9 Å². The quantitative estimate of drug-likeness (QED) is 0.504. The Morgan fingerprint density at radius 1 is 1.42 bits per heavy atom. The summed E-state index contributed by atoms with van der Waals surface area (Å²) in [5, 5.41) is 1.11. The first-order chi connectivity index (χ1) is 5.70. The van der Waals surface area contributed by atoms with E-state index in [4.69, 9.17) is 0 Å². The van der Waals surface area contributed by atoms with E-state index >= 15 is 0 Å². The normalized spacial score (nSPS) is 10.4. The summed E-state index contributed by atoms with van der Waals surface area (Å²) in [4.78, 5) is 2.45. The van der Waals surface area contributed by atoms with Crippen molar-refractivity contribution in [2.45, 2.75) is 27.2 Å². The molecule has 1 nitrogen and oxygen atoms in total. The molecule has 0 aromatic rings. The van der Waals surface area contributed by atoms with Gasteiger partial charge >= 0.3 is 0 Å². The van der Waals surface area contributed by atoms with E-state index in [-0.39, 0.29) is 0 Å². The highest BCUT2D eigenvalue weighted by Gasteiger charge is 1.97. The Morgan fingerprint density at radius 2 is 2.08 bits per heavy atom. The lowest BCUT2D eigenvalue weighted by atomic mass is 10.3. The Kier molecular flexibility index (Phi) is 7.93. The van der Waals surface area contributed by atoms with E-state index in [0.717, 1.165) is 18.4 Å². The summed E-state index contributed by atoms with van der Waals surface area (Å²) in [5.41, 5.74) is 1.41. The molecular weight excluding hydrogens is 214 g/mol. The fourth-order valence-corrected chi connectivity index (χ4v) is 1.22. The zero-order valence-corrected chi connectivity index (χ0v) is 10.0. The Balaban J connectivity index is 3.60. The Labute approximate surface area is 85.0 Å². The summed E-state index contributed by atoms with van der Waals surface area (Å²) in [7, 11) is 0. The third-order valence-electron chi connectivity index (χ3n) is 1.81. The number of allylic oxidation sites excluding steroid dienone is 1. The molecule has 0 saturated heterocycles. The molecule has 0 heterocycles. The summed E-state index contributed by atoms with van der Waals surface area (Å²) in [6, 6.07) is 0. The van der Waals surface area contributed by atoms with Crippen LogP contribution < -0.4 is 0 Å². The fourth-order valence-electron chi connectivity index (χ4n) is 0.974. The van der Waals surface area contributed by atoms with Crippen molar-refractivity contribution in [3.05, 3.63) is 11.6 Å². The SMILES string of the molecule is CCN(CC=C(C)C)CCCBr. The van der Waals surface area contributed by atoms with Crippen molar-refractivity contribution in [3.63, 3.8) is 0 Å². The van der Waals surface area contributed by atoms with Crippen LogP contribution in [0.25, 0.3) is 0 Å². The summed E-state index contributed by atoms with van der Waals surface area (Å²) >= 11 is 3.45. The largest absolute Gasteiger partial charge is 0.300 e. The van der Waals surface area contributed by atoms with Gasteiger partial charge in [-0.05, 0) is 33.4 Å². The second-order valence-corrected chi connectivity index (χ2v) is 4.01. The van der Waals surface area contributed by atoms with Crippen molar-refractivity contribution in [3.8, 4) is 0 Å². The van der Waals surface area contributed by atoms with E-state index in [9.17, 15) is 0 Å². The smallest absolute Gasteiger partial charge is 0.0165 e. The number of hydrogen-bond acceptors (Lipinski definition) is 1. The molecule has 0 atom stereocenters. The monoisotopic (exact) mass is 233 g/mol. The second-order valence-electron chi connectivity index (χ2n) is 3.22. The number of alkyl halides is 1. The van der Waals surface area contributed by atoms with Crippen LogP contribution in [0, 0.1) is 0 Å². The number of hydrogen-bond donors (Lipinski definition) is 0. The molecule has 0 spiro atoms. The molecule has 0 rings (SSSR count). The van der Waals surface area contributed by atoms with Crippen LogP contribution in [-0.2, 0) is 0 Å². The lowest BCUT2D eigenvalue weighted by Crippen LogP contribution is -2.24. The summed E-state index contributed by atoms with van der Waals surface area (Å²) in [5.74, 6) is 0. The molecule has 0 aliphatic rings. The molecule has 0 bridgehead atoms. The first-order valence-electron chi connectivity index (χ1n) is 4.62. The predicted octanol–water partition coefficient (Wildman–Crippen LogP) is 3.06. The molecule has 72 valence electrons. The van der Waals surface area contributed by atoms with Crippen LogP contribution in [0.1, 0.15) is 27.2 Å². The van der Waals surface area contributed by atoms with Crippen molar-refractivity contribution in [2.24, 2.45) is 0 Å². The van der Waals surface area contributed by atoms with Crippen molar-refractivity contribution < 1.29 is 0 Å². The molecule has 0 unspecified atom stereocenters. The summed E-state index contributed by atoms with van der Waals surface area (Å²) in [6.45, 7) is 9.97. The van der Waals surface area contributed by atoms with Crippen LogP contribution in [0.3, 0.4) is 0 Å². The topological polar surface area (TPSA) is 3.24 Å². The molecule has 0 saturated carbocycles. The Hall–Kier alpha value is 0.180. The van der Waals surface area contributed by atoms with Gasteiger partial charge in [0.15, 0.2) is 0 Å². The lowest BCUT2D eigenvalue weighted by Gasteiger charge is -2.17. The lowest BCUT2D eigenvalue weighted by molar-refractivity contribution is 0.320. The third kappa shape index (κ3) is 6.86. The molecular formula is C10H20BrN. The molecule has 0 aliphatic carbocycles. The second kappa shape index (κ2) is 7.81. The van der Waals surface area contributed by atoms with Gasteiger partial charge in [0.05, 0.1) is 0 Å². The zero-order chi connectivity index (χ0) is 9.40. The maximum Gasteiger partial charge on any atom is 0.0165 e. The first-order valence-corrected chi connectivity index (χ1v) is 5.74. The summed E-state index contributed by atoms with van der Waals surface area (Å²) < 4.78 is 0. The molecule has 12 heavy (non-hydrogen) atoms. The van der Waals surface area contributed by atoms with Crippen molar-refractivity contribution in [2.75, 3.05) is 25.0 Å². The van der Waals surface area contributed by atoms with Crippen LogP contribution in [0.2, 0.25) is 0 Å². The Morgan fingerprint density at radius 3 is 2.50 bits per heavy atom. The average Bonchev–Trinajstić information content (AvgIpc) is 2.05. The zero-order valence-electron chi connectivity index (χ0n) is 8.44. The van der Waals surface area contributed by atoms with Crippen molar-refractivity contribution in [1.29, 1.82) is 0 Å². The van der Waals surface area contributed by atoms with E-state index < -0.39 is 0 Å². The fraction of sp³-hybridized carbons (Fsp3) is 0.800. The number of halogens is 1. The van der Waals surface area contributed by atoms with Gasteiger partial charge in [0, 0.05) is 11.9 Å². The first kappa shape index (κ1) is 12.2. The number of nitrogens with zero attached hydrogens (tertiary/aromatic N) is 1. The van der Waals surface area contributed by atoms with Crippen molar-refractivity contribution >= 4 is 15.9 Å². The van der Waals surface area contributed by atoms with Gasteiger partial charge in [-0.2, -0.15) is 0 Å². The standard InChI is InChI=1S/C10H20BrN/c1-4-12(8-5-7-11)9-6-10(2)3/h6H,4-5,7-9H2,1-3H3. The van der Waals surface area contributed by atoms with Gasteiger partial charge in [-0.25, -0.2) is 0 Å². The minimum Gasteiger partial charge on any atom is -0.300 e. The van der Waals surface area contributed by atoms with Gasteiger partial charge in [0.1, 0.15) is 0 Å². The predicted molar refractivity (Wildman–Crippen MR) is 60.0 cm³/mol. The summed E-state index contributed by atoms with van der Waals surface area (Å²) in [6.07, 6.45) is 3.53. The maximum absolute atomic E-state index is 3.45. The van der Waals surface area contributed by atoms with Crippen LogP contribution in [-0.4, -0.2) is 29.9 Å². The van der Waals surface area contributed by atoms with Crippen molar-refractivity contribution in [1.82, 2.24) is 4.90 Å². The average molecular weight is 234 g/mol. The minimum atomic E-state index is 1.10. The van der Waals surface area contributed by atoms with Gasteiger partial charge in [-0.1, -0.05) is 34.5 Å². The highest BCUT2D eigenvalue weighted by molar-refractivity contribution is 9.09. The van der Waals surface area contributed by atoms with E-state index in [1.54, 1.807) is 0 Å². The molecule has 0 fully saturated rings.